The van der Waals surface area contributed by atoms with E-state index in [0.29, 0.717) is 0 Å². The largest absolute Gasteiger partial charge is 0.481 e. The molecule has 0 atom stereocenters. The Labute approximate surface area is 115 Å². The maximum Gasteiger partial charge on any atom is 0.307 e. The van der Waals surface area contributed by atoms with E-state index in [4.69, 9.17) is 5.11 Å². The summed E-state index contributed by atoms with van der Waals surface area (Å²) in [5.74, 6) is 0.270. The summed E-state index contributed by atoms with van der Waals surface area (Å²) in [6.45, 7) is 0. The molecule has 1 heterocycles. The molecular formula is C14H14O2S2. The predicted octanol–water partition coefficient (Wildman–Crippen LogP) is 3.71. The van der Waals surface area contributed by atoms with E-state index in [1.807, 2.05) is 24.3 Å². The highest BCUT2D eigenvalue weighted by Gasteiger charge is 2.01. The quantitative estimate of drug-likeness (QED) is 0.818. The average molecular weight is 278 g/mol. The minimum atomic E-state index is -0.784. The second-order valence-electron chi connectivity index (χ2n) is 3.89. The van der Waals surface area contributed by atoms with E-state index in [9.17, 15) is 4.79 Å². The highest BCUT2D eigenvalue weighted by atomic mass is 32.2. The second kappa shape index (κ2) is 6.61. The minimum Gasteiger partial charge on any atom is -0.481 e. The third-order valence-electron chi connectivity index (χ3n) is 2.48. The second-order valence-corrected chi connectivity index (χ2v) is 6.09. The van der Waals surface area contributed by atoms with Gasteiger partial charge in [-0.15, -0.1) is 23.1 Å². The van der Waals surface area contributed by atoms with Gasteiger partial charge in [0.15, 0.2) is 0 Å². The van der Waals surface area contributed by atoms with Gasteiger partial charge in [-0.05, 0) is 35.6 Å². The molecule has 0 aliphatic carbocycles. The van der Waals surface area contributed by atoms with Gasteiger partial charge in [-0.25, -0.2) is 0 Å². The summed E-state index contributed by atoms with van der Waals surface area (Å²) in [5, 5.41) is 10.8. The highest BCUT2D eigenvalue weighted by Crippen LogP contribution is 2.21. The summed E-state index contributed by atoms with van der Waals surface area (Å²) >= 11 is 3.59. The molecule has 0 aliphatic rings. The summed E-state index contributed by atoms with van der Waals surface area (Å²) in [4.78, 5) is 13.2. The maximum absolute atomic E-state index is 10.6. The molecule has 0 amide bonds. The lowest BCUT2D eigenvalue weighted by Gasteiger charge is -2.02. The van der Waals surface area contributed by atoms with Gasteiger partial charge in [0.05, 0.1) is 6.42 Å². The molecule has 0 bridgehead atoms. The molecule has 1 aromatic carbocycles. The van der Waals surface area contributed by atoms with Crippen LogP contribution in [0.4, 0.5) is 0 Å². The van der Waals surface area contributed by atoms with E-state index in [1.54, 1.807) is 23.1 Å². The van der Waals surface area contributed by atoms with Crippen LogP contribution in [0.25, 0.3) is 0 Å². The molecule has 0 spiro atoms. The molecule has 0 saturated carbocycles. The zero-order chi connectivity index (χ0) is 12.8. The number of carboxylic acids is 1. The third kappa shape index (κ3) is 4.20. The fourth-order valence-electron chi connectivity index (χ4n) is 1.60. The van der Waals surface area contributed by atoms with Gasteiger partial charge in [0.25, 0.3) is 0 Å². The van der Waals surface area contributed by atoms with Gasteiger partial charge < -0.3 is 5.11 Å². The summed E-state index contributed by atoms with van der Waals surface area (Å²) in [5.41, 5.74) is 0.852. The SMILES string of the molecule is O=C(O)Cc1ccc(SCCc2cccs2)cc1. The van der Waals surface area contributed by atoms with E-state index in [0.717, 1.165) is 17.7 Å². The molecule has 0 saturated heterocycles. The van der Waals surface area contributed by atoms with Crippen molar-refractivity contribution in [3.63, 3.8) is 0 Å². The van der Waals surface area contributed by atoms with Crippen LogP contribution >= 0.6 is 23.1 Å². The van der Waals surface area contributed by atoms with Crippen LogP contribution in [0.15, 0.2) is 46.7 Å². The molecule has 0 unspecified atom stereocenters. The molecule has 0 aliphatic heterocycles. The van der Waals surface area contributed by atoms with Crippen LogP contribution in [0.5, 0.6) is 0 Å². The Balaban J connectivity index is 1.81. The molecule has 2 rings (SSSR count). The molecule has 2 nitrogen and oxygen atoms in total. The molecule has 0 radical (unpaired) electrons. The number of thiophene rings is 1. The Hall–Kier alpha value is -1.26. The van der Waals surface area contributed by atoms with E-state index in [2.05, 4.69) is 17.5 Å². The zero-order valence-corrected chi connectivity index (χ0v) is 11.5. The summed E-state index contributed by atoms with van der Waals surface area (Å²) in [7, 11) is 0. The molecule has 4 heteroatoms. The van der Waals surface area contributed by atoms with Crippen LogP contribution in [0, 0.1) is 0 Å². The number of thioether (sulfide) groups is 1. The predicted molar refractivity (Wildman–Crippen MR) is 76.5 cm³/mol. The van der Waals surface area contributed by atoms with Crippen molar-refractivity contribution in [2.45, 2.75) is 17.7 Å². The number of hydrogen-bond donors (Lipinski definition) is 1. The van der Waals surface area contributed by atoms with Gasteiger partial charge in [0, 0.05) is 15.5 Å². The first-order valence-corrected chi connectivity index (χ1v) is 7.56. The monoisotopic (exact) mass is 278 g/mol. The van der Waals surface area contributed by atoms with Gasteiger partial charge in [-0.2, -0.15) is 0 Å². The van der Waals surface area contributed by atoms with Gasteiger partial charge >= 0.3 is 5.97 Å². The molecule has 94 valence electrons. The van der Waals surface area contributed by atoms with Crippen molar-refractivity contribution in [3.8, 4) is 0 Å². The van der Waals surface area contributed by atoms with Crippen LogP contribution in [0.3, 0.4) is 0 Å². The number of hydrogen-bond acceptors (Lipinski definition) is 3. The van der Waals surface area contributed by atoms with Crippen molar-refractivity contribution >= 4 is 29.1 Å². The fraction of sp³-hybridized carbons (Fsp3) is 0.214. The van der Waals surface area contributed by atoms with Crippen molar-refractivity contribution in [1.29, 1.82) is 0 Å². The number of rotatable bonds is 6. The molecule has 1 N–H and O–H groups in total. The summed E-state index contributed by atoms with van der Waals surface area (Å²) < 4.78 is 0. The molecule has 18 heavy (non-hydrogen) atoms. The Morgan fingerprint density at radius 2 is 2.00 bits per heavy atom. The lowest BCUT2D eigenvalue weighted by atomic mass is 10.2. The topological polar surface area (TPSA) is 37.3 Å². The molecule has 2 aromatic rings. The average Bonchev–Trinajstić information content (AvgIpc) is 2.84. The van der Waals surface area contributed by atoms with Crippen LogP contribution in [-0.4, -0.2) is 16.8 Å². The van der Waals surface area contributed by atoms with Crippen molar-refractivity contribution in [2.75, 3.05) is 5.75 Å². The number of benzene rings is 1. The lowest BCUT2D eigenvalue weighted by molar-refractivity contribution is -0.136. The first-order chi connectivity index (χ1) is 8.74. The number of aliphatic carboxylic acids is 1. The maximum atomic E-state index is 10.6. The Morgan fingerprint density at radius 1 is 1.22 bits per heavy atom. The third-order valence-corrected chi connectivity index (χ3v) is 4.43. The Bertz CT molecular complexity index is 489. The fourth-order valence-corrected chi connectivity index (χ4v) is 3.33. The molecule has 1 aromatic heterocycles. The van der Waals surface area contributed by atoms with Gasteiger partial charge in [-0.3, -0.25) is 4.79 Å². The molecular weight excluding hydrogens is 264 g/mol. The van der Waals surface area contributed by atoms with Crippen LogP contribution in [-0.2, 0) is 17.6 Å². The van der Waals surface area contributed by atoms with Gasteiger partial charge in [0.1, 0.15) is 0 Å². The summed E-state index contributed by atoms with van der Waals surface area (Å²) in [6, 6.07) is 12.0. The Kier molecular flexibility index (Phi) is 4.84. The zero-order valence-electron chi connectivity index (χ0n) is 9.83. The molecule has 0 fully saturated rings. The smallest absolute Gasteiger partial charge is 0.307 e. The summed E-state index contributed by atoms with van der Waals surface area (Å²) in [6.07, 6.45) is 1.18. The van der Waals surface area contributed by atoms with Crippen molar-refractivity contribution in [1.82, 2.24) is 0 Å². The van der Waals surface area contributed by atoms with Crippen LogP contribution in [0.2, 0.25) is 0 Å². The van der Waals surface area contributed by atoms with E-state index in [-0.39, 0.29) is 6.42 Å². The van der Waals surface area contributed by atoms with Gasteiger partial charge in [-0.1, -0.05) is 18.2 Å². The minimum absolute atomic E-state index is 0.0974. The van der Waals surface area contributed by atoms with E-state index >= 15 is 0 Å². The Morgan fingerprint density at radius 3 is 2.61 bits per heavy atom. The van der Waals surface area contributed by atoms with E-state index < -0.39 is 5.97 Å². The van der Waals surface area contributed by atoms with E-state index in [1.165, 1.54) is 9.77 Å². The van der Waals surface area contributed by atoms with Gasteiger partial charge in [0.2, 0.25) is 0 Å². The van der Waals surface area contributed by atoms with Crippen LogP contribution in [0.1, 0.15) is 10.4 Å². The standard InChI is InChI=1S/C14H14O2S2/c15-14(16)10-11-3-5-13(6-4-11)18-9-7-12-2-1-8-17-12/h1-6,8H,7,9-10H2,(H,15,16). The van der Waals surface area contributed by atoms with Crippen LogP contribution < -0.4 is 0 Å². The lowest BCUT2D eigenvalue weighted by Crippen LogP contribution is -1.99. The highest BCUT2D eigenvalue weighted by molar-refractivity contribution is 7.99. The number of aryl methyl sites for hydroxylation is 1. The van der Waals surface area contributed by atoms with Crippen molar-refractivity contribution in [2.24, 2.45) is 0 Å². The van der Waals surface area contributed by atoms with Crippen molar-refractivity contribution in [3.05, 3.63) is 52.2 Å². The first kappa shape index (κ1) is 13.2. The number of carboxylic acid groups (broad SMARTS) is 1. The van der Waals surface area contributed by atoms with Crippen molar-refractivity contribution < 1.29 is 9.90 Å². The normalized spacial score (nSPS) is 10.4. The number of carbonyl (C=O) groups is 1. The first-order valence-electron chi connectivity index (χ1n) is 5.70.